The zero-order chi connectivity index (χ0) is 15.1. The highest BCUT2D eigenvalue weighted by Crippen LogP contribution is 2.11. The van der Waals surface area contributed by atoms with Gasteiger partial charge in [-0.3, -0.25) is 9.78 Å². The highest BCUT2D eigenvalue weighted by molar-refractivity contribution is 6.04. The minimum Gasteiger partial charge on any atom is -0.395 e. The van der Waals surface area contributed by atoms with Gasteiger partial charge in [-0.2, -0.15) is 0 Å². The molecule has 0 aliphatic carbocycles. The number of aliphatic hydroxyl groups is 1. The molecule has 0 unspecified atom stereocenters. The molecular formula is C17H16N2O2. The first-order valence-corrected chi connectivity index (χ1v) is 6.63. The smallest absolute Gasteiger partial charge is 0.257 e. The summed E-state index contributed by atoms with van der Waals surface area (Å²) in [6.45, 7) is 1.93. The Kier molecular flexibility index (Phi) is 5.08. The van der Waals surface area contributed by atoms with Crippen LogP contribution >= 0.6 is 0 Å². The van der Waals surface area contributed by atoms with E-state index in [1.165, 1.54) is 0 Å². The molecule has 21 heavy (non-hydrogen) atoms. The molecule has 0 fully saturated rings. The number of pyridine rings is 1. The predicted octanol–water partition coefficient (Wildman–Crippen LogP) is 2.38. The van der Waals surface area contributed by atoms with Gasteiger partial charge in [-0.1, -0.05) is 11.8 Å². The third-order valence-corrected chi connectivity index (χ3v) is 2.79. The maximum Gasteiger partial charge on any atom is 0.257 e. The maximum absolute atomic E-state index is 12.0. The summed E-state index contributed by atoms with van der Waals surface area (Å²) in [6, 6.07) is 10.8. The molecule has 0 radical (unpaired) electrons. The second-order valence-corrected chi connectivity index (χ2v) is 4.50. The minimum atomic E-state index is -0.193. The van der Waals surface area contributed by atoms with E-state index < -0.39 is 0 Å². The van der Waals surface area contributed by atoms with Gasteiger partial charge in [-0.05, 0) is 43.3 Å². The maximum atomic E-state index is 12.0. The molecule has 1 amide bonds. The number of nitrogens with one attached hydrogen (secondary N) is 1. The van der Waals surface area contributed by atoms with Gasteiger partial charge in [0.2, 0.25) is 0 Å². The number of benzene rings is 1. The van der Waals surface area contributed by atoms with E-state index in [1.807, 2.05) is 19.1 Å². The van der Waals surface area contributed by atoms with E-state index in [9.17, 15) is 4.79 Å². The van der Waals surface area contributed by atoms with E-state index in [0.29, 0.717) is 17.7 Å². The van der Waals surface area contributed by atoms with Crippen LogP contribution in [0.3, 0.4) is 0 Å². The highest BCUT2D eigenvalue weighted by atomic mass is 16.2. The van der Waals surface area contributed by atoms with Gasteiger partial charge >= 0.3 is 0 Å². The number of aliphatic hydroxyl groups excluding tert-OH is 1. The van der Waals surface area contributed by atoms with E-state index in [4.69, 9.17) is 5.11 Å². The lowest BCUT2D eigenvalue weighted by atomic mass is 10.2. The van der Waals surface area contributed by atoms with Crippen molar-refractivity contribution in [1.29, 1.82) is 0 Å². The van der Waals surface area contributed by atoms with E-state index in [-0.39, 0.29) is 12.5 Å². The van der Waals surface area contributed by atoms with Crippen LogP contribution in [0.2, 0.25) is 0 Å². The molecule has 2 rings (SSSR count). The van der Waals surface area contributed by atoms with Gasteiger partial charge in [0.1, 0.15) is 0 Å². The van der Waals surface area contributed by atoms with Crippen LogP contribution in [-0.2, 0) is 0 Å². The SMILES string of the molecule is Cc1ccc(C(=O)Nc2ccc(C#CCCO)cc2)cn1. The van der Waals surface area contributed by atoms with Crippen molar-refractivity contribution < 1.29 is 9.90 Å². The summed E-state index contributed by atoms with van der Waals surface area (Å²) < 4.78 is 0. The highest BCUT2D eigenvalue weighted by Gasteiger charge is 2.05. The van der Waals surface area contributed by atoms with Crippen molar-refractivity contribution in [2.45, 2.75) is 13.3 Å². The molecule has 4 nitrogen and oxygen atoms in total. The number of carbonyl (C=O) groups excluding carboxylic acids is 1. The molecular weight excluding hydrogens is 264 g/mol. The Balaban J connectivity index is 2.02. The Labute approximate surface area is 123 Å². The molecule has 4 heteroatoms. The number of nitrogens with zero attached hydrogens (tertiary/aromatic N) is 1. The van der Waals surface area contributed by atoms with Gasteiger partial charge in [0.15, 0.2) is 0 Å². The number of carbonyl (C=O) groups is 1. The summed E-state index contributed by atoms with van der Waals surface area (Å²) in [4.78, 5) is 16.1. The molecule has 0 aliphatic rings. The first kappa shape index (κ1) is 14.8. The Morgan fingerprint density at radius 1 is 1.24 bits per heavy atom. The molecule has 0 bridgehead atoms. The lowest BCUT2D eigenvalue weighted by Crippen LogP contribution is -2.12. The zero-order valence-corrected chi connectivity index (χ0v) is 11.8. The van der Waals surface area contributed by atoms with Crippen LogP contribution in [0, 0.1) is 18.8 Å². The second kappa shape index (κ2) is 7.22. The number of aryl methyl sites for hydroxylation is 1. The normalized spacial score (nSPS) is 9.62. The van der Waals surface area contributed by atoms with Crippen LogP contribution in [0.5, 0.6) is 0 Å². The molecule has 1 heterocycles. The number of anilines is 1. The molecule has 2 aromatic rings. The first-order chi connectivity index (χ1) is 10.2. The molecule has 0 spiro atoms. The number of rotatable bonds is 3. The molecule has 2 N–H and O–H groups in total. The van der Waals surface area contributed by atoms with Crippen molar-refractivity contribution in [1.82, 2.24) is 4.98 Å². The van der Waals surface area contributed by atoms with Crippen molar-refractivity contribution >= 4 is 11.6 Å². The van der Waals surface area contributed by atoms with Crippen molar-refractivity contribution in [2.24, 2.45) is 0 Å². The summed E-state index contributed by atoms with van der Waals surface area (Å²) in [6.07, 6.45) is 2.01. The van der Waals surface area contributed by atoms with E-state index in [2.05, 4.69) is 22.1 Å². The third-order valence-electron chi connectivity index (χ3n) is 2.79. The van der Waals surface area contributed by atoms with Crippen LogP contribution < -0.4 is 5.32 Å². The quantitative estimate of drug-likeness (QED) is 0.849. The third kappa shape index (κ3) is 4.44. The Hall–Kier alpha value is -2.64. The summed E-state index contributed by atoms with van der Waals surface area (Å²) in [5, 5.41) is 11.5. The topological polar surface area (TPSA) is 62.2 Å². The monoisotopic (exact) mass is 280 g/mol. The molecule has 0 aliphatic heterocycles. The van der Waals surface area contributed by atoms with Gasteiger partial charge in [0.25, 0.3) is 5.91 Å². The van der Waals surface area contributed by atoms with Crippen LogP contribution in [0.4, 0.5) is 5.69 Å². The van der Waals surface area contributed by atoms with Gasteiger partial charge in [0.05, 0.1) is 12.2 Å². The second-order valence-electron chi connectivity index (χ2n) is 4.50. The van der Waals surface area contributed by atoms with Crippen LogP contribution in [0.15, 0.2) is 42.6 Å². The number of amides is 1. The number of hydrogen-bond acceptors (Lipinski definition) is 3. The zero-order valence-electron chi connectivity index (χ0n) is 11.8. The summed E-state index contributed by atoms with van der Waals surface area (Å²) >= 11 is 0. The number of aromatic nitrogens is 1. The standard InChI is InChI=1S/C17H16N2O2/c1-13-5-8-15(12-18-13)17(21)19-16-9-6-14(7-10-16)4-2-3-11-20/h5-10,12,20H,3,11H2,1H3,(H,19,21). The number of hydrogen-bond donors (Lipinski definition) is 2. The van der Waals surface area contributed by atoms with Crippen molar-refractivity contribution in [2.75, 3.05) is 11.9 Å². The summed E-state index contributed by atoms with van der Waals surface area (Å²) in [5.74, 6) is 5.59. The van der Waals surface area contributed by atoms with Gasteiger partial charge in [-0.25, -0.2) is 0 Å². The molecule has 0 saturated heterocycles. The Morgan fingerprint density at radius 2 is 2.00 bits per heavy atom. The van der Waals surface area contributed by atoms with Gasteiger partial charge in [0, 0.05) is 29.6 Å². The first-order valence-electron chi connectivity index (χ1n) is 6.63. The predicted molar refractivity (Wildman–Crippen MR) is 82.0 cm³/mol. The fourth-order valence-electron chi connectivity index (χ4n) is 1.66. The summed E-state index contributed by atoms with van der Waals surface area (Å²) in [5.41, 5.74) is 2.94. The molecule has 1 aromatic heterocycles. The average Bonchev–Trinajstić information content (AvgIpc) is 2.50. The van der Waals surface area contributed by atoms with Gasteiger partial charge < -0.3 is 10.4 Å². The Morgan fingerprint density at radius 3 is 2.62 bits per heavy atom. The summed E-state index contributed by atoms with van der Waals surface area (Å²) in [7, 11) is 0. The molecule has 106 valence electrons. The van der Waals surface area contributed by atoms with Crippen molar-refractivity contribution in [3.8, 4) is 11.8 Å². The Bertz CT molecular complexity index is 665. The average molecular weight is 280 g/mol. The van der Waals surface area contributed by atoms with Gasteiger partial charge in [-0.15, -0.1) is 0 Å². The van der Waals surface area contributed by atoms with Crippen LogP contribution in [0.1, 0.15) is 28.0 Å². The lowest BCUT2D eigenvalue weighted by Gasteiger charge is -2.05. The van der Waals surface area contributed by atoms with E-state index in [1.54, 1.807) is 30.5 Å². The minimum absolute atomic E-state index is 0.0612. The van der Waals surface area contributed by atoms with Crippen molar-refractivity contribution in [3.63, 3.8) is 0 Å². The molecule has 1 aromatic carbocycles. The van der Waals surface area contributed by atoms with Crippen LogP contribution in [-0.4, -0.2) is 22.6 Å². The fraction of sp³-hybridized carbons (Fsp3) is 0.176. The van der Waals surface area contributed by atoms with Crippen LogP contribution in [0.25, 0.3) is 0 Å². The van der Waals surface area contributed by atoms with E-state index >= 15 is 0 Å². The molecule has 0 saturated carbocycles. The lowest BCUT2D eigenvalue weighted by molar-refractivity contribution is 0.102. The fourth-order valence-corrected chi connectivity index (χ4v) is 1.66. The molecule has 0 atom stereocenters. The van der Waals surface area contributed by atoms with E-state index in [0.717, 1.165) is 11.3 Å². The van der Waals surface area contributed by atoms with Crippen molar-refractivity contribution in [3.05, 3.63) is 59.4 Å². The largest absolute Gasteiger partial charge is 0.395 e.